The lowest BCUT2D eigenvalue weighted by Crippen LogP contribution is -2.25. The Bertz CT molecular complexity index is 1270. The first-order valence-corrected chi connectivity index (χ1v) is 12.5. The number of anilines is 1. The van der Waals surface area contributed by atoms with Crippen molar-refractivity contribution < 1.29 is 13.2 Å². The van der Waals surface area contributed by atoms with Gasteiger partial charge >= 0.3 is 0 Å². The lowest BCUT2D eigenvalue weighted by molar-refractivity contribution is 0.0951. The maximum absolute atomic E-state index is 12.7. The molecule has 0 aliphatic carbocycles. The van der Waals surface area contributed by atoms with E-state index in [4.69, 9.17) is 11.6 Å². The van der Waals surface area contributed by atoms with Crippen LogP contribution in [0.15, 0.2) is 71.6 Å². The summed E-state index contributed by atoms with van der Waals surface area (Å²) in [6.45, 7) is 2.17. The first kappa shape index (κ1) is 23.3. The van der Waals surface area contributed by atoms with Crippen LogP contribution in [0, 0.1) is 0 Å². The zero-order valence-electron chi connectivity index (χ0n) is 18.6. The Labute approximate surface area is 199 Å². The summed E-state index contributed by atoms with van der Waals surface area (Å²) in [5, 5.41) is 3.03. The van der Waals surface area contributed by atoms with Crippen molar-refractivity contribution in [3.8, 4) is 0 Å². The molecular formula is C25H26ClN3O3S. The number of para-hydroxylation sites is 1. The highest BCUT2D eigenvalue weighted by molar-refractivity contribution is 7.89. The van der Waals surface area contributed by atoms with Crippen molar-refractivity contribution in [1.29, 1.82) is 0 Å². The Balaban J connectivity index is 1.39. The Hall–Kier alpha value is -2.87. The van der Waals surface area contributed by atoms with Gasteiger partial charge in [-0.25, -0.2) is 12.7 Å². The van der Waals surface area contributed by atoms with Gasteiger partial charge in [0.1, 0.15) is 0 Å². The van der Waals surface area contributed by atoms with Crippen LogP contribution in [0.25, 0.3) is 0 Å². The Kier molecular flexibility index (Phi) is 6.74. The van der Waals surface area contributed by atoms with Gasteiger partial charge in [-0.1, -0.05) is 54.1 Å². The zero-order valence-corrected chi connectivity index (χ0v) is 20.2. The van der Waals surface area contributed by atoms with E-state index < -0.39 is 15.9 Å². The summed E-state index contributed by atoms with van der Waals surface area (Å²) < 4.78 is 25.8. The van der Waals surface area contributed by atoms with Gasteiger partial charge in [0.15, 0.2) is 0 Å². The number of amides is 1. The molecule has 6 nitrogen and oxygen atoms in total. The minimum absolute atomic E-state index is 0.0230. The summed E-state index contributed by atoms with van der Waals surface area (Å²) >= 11 is 6.17. The molecule has 8 heteroatoms. The number of hydrogen-bond acceptors (Lipinski definition) is 4. The minimum Gasteiger partial charge on any atom is -0.367 e. The summed E-state index contributed by atoms with van der Waals surface area (Å²) in [6, 6.07) is 20.7. The molecule has 0 bridgehead atoms. The average molecular weight is 484 g/mol. The number of nitrogens with zero attached hydrogens (tertiary/aromatic N) is 2. The Morgan fingerprint density at radius 2 is 1.73 bits per heavy atom. The highest BCUT2D eigenvalue weighted by atomic mass is 35.5. The number of sulfonamides is 1. The van der Waals surface area contributed by atoms with Crippen molar-refractivity contribution in [3.63, 3.8) is 0 Å². The molecule has 33 heavy (non-hydrogen) atoms. The number of halogens is 1. The zero-order chi connectivity index (χ0) is 23.6. The topological polar surface area (TPSA) is 69.7 Å². The average Bonchev–Trinajstić information content (AvgIpc) is 3.21. The van der Waals surface area contributed by atoms with Crippen LogP contribution in [-0.2, 0) is 29.5 Å². The fraction of sp³-hybridized carbons (Fsp3) is 0.240. The molecule has 4 rings (SSSR count). The Morgan fingerprint density at radius 3 is 2.45 bits per heavy atom. The lowest BCUT2D eigenvalue weighted by atomic mass is 10.1. The van der Waals surface area contributed by atoms with Gasteiger partial charge in [-0.15, -0.1) is 0 Å². The molecule has 1 N–H and O–H groups in total. The van der Waals surface area contributed by atoms with Gasteiger partial charge < -0.3 is 10.2 Å². The third kappa shape index (κ3) is 5.05. The highest BCUT2D eigenvalue weighted by Gasteiger charge is 2.21. The van der Waals surface area contributed by atoms with Crippen LogP contribution in [0.2, 0.25) is 5.02 Å². The fourth-order valence-electron chi connectivity index (χ4n) is 3.88. The predicted molar refractivity (Wildman–Crippen MR) is 131 cm³/mol. The molecule has 3 aromatic rings. The third-order valence-corrected chi connectivity index (χ3v) is 7.93. The van der Waals surface area contributed by atoms with Gasteiger partial charge in [0, 0.05) is 39.4 Å². The molecule has 1 aliphatic heterocycles. The molecule has 0 fully saturated rings. The van der Waals surface area contributed by atoms with Crippen molar-refractivity contribution in [2.75, 3.05) is 25.5 Å². The van der Waals surface area contributed by atoms with Crippen LogP contribution in [0.3, 0.4) is 0 Å². The quantitative estimate of drug-likeness (QED) is 0.549. The molecule has 0 unspecified atom stereocenters. The molecule has 0 spiro atoms. The van der Waals surface area contributed by atoms with Gasteiger partial charge in [0.2, 0.25) is 10.0 Å². The summed E-state index contributed by atoms with van der Waals surface area (Å²) in [6.07, 6.45) is 1.07. The minimum atomic E-state index is -3.66. The summed E-state index contributed by atoms with van der Waals surface area (Å²) in [5.41, 5.74) is 4.96. The van der Waals surface area contributed by atoms with Gasteiger partial charge in [-0.2, -0.15) is 0 Å². The normalized spacial score (nSPS) is 13.3. The Morgan fingerprint density at radius 1 is 1.03 bits per heavy atom. The van der Waals surface area contributed by atoms with Crippen molar-refractivity contribution in [3.05, 3.63) is 94.0 Å². The van der Waals surface area contributed by atoms with Gasteiger partial charge in [0.05, 0.1) is 15.5 Å². The standard InChI is InChI=1S/C25H26ClN3O3S/c1-28(2)33(31,32)21-11-12-23(26)22(15-21)25(30)27-16-18-7-9-19(10-8-18)17-29-14-13-20-5-3-4-6-24(20)29/h3-12,15H,13-14,16-17H2,1-2H3,(H,27,30). The van der Waals surface area contributed by atoms with Crippen molar-refractivity contribution in [2.24, 2.45) is 0 Å². The second kappa shape index (κ2) is 9.55. The molecule has 0 aromatic heterocycles. The van der Waals surface area contributed by atoms with E-state index in [-0.39, 0.29) is 15.5 Å². The number of benzene rings is 3. The molecule has 0 saturated heterocycles. The number of hydrogen-bond donors (Lipinski definition) is 1. The maximum atomic E-state index is 12.7. The van der Waals surface area contributed by atoms with E-state index in [1.807, 2.05) is 12.1 Å². The van der Waals surface area contributed by atoms with E-state index in [1.165, 1.54) is 49.1 Å². The second-order valence-corrected chi connectivity index (χ2v) is 10.8. The highest BCUT2D eigenvalue weighted by Crippen LogP contribution is 2.29. The first-order chi connectivity index (χ1) is 15.8. The fourth-order valence-corrected chi connectivity index (χ4v) is 5.01. The summed E-state index contributed by atoms with van der Waals surface area (Å²) in [7, 11) is -0.779. The third-order valence-electron chi connectivity index (χ3n) is 5.79. The van der Waals surface area contributed by atoms with E-state index in [0.717, 1.165) is 29.4 Å². The van der Waals surface area contributed by atoms with E-state index >= 15 is 0 Å². The maximum Gasteiger partial charge on any atom is 0.253 e. The predicted octanol–water partition coefficient (Wildman–Crippen LogP) is 4.08. The van der Waals surface area contributed by atoms with Crippen LogP contribution in [0.4, 0.5) is 5.69 Å². The van der Waals surface area contributed by atoms with Gasteiger partial charge in [-0.05, 0) is 47.4 Å². The van der Waals surface area contributed by atoms with Gasteiger partial charge in [0.25, 0.3) is 5.91 Å². The summed E-state index contributed by atoms with van der Waals surface area (Å²) in [4.78, 5) is 15.1. The van der Waals surface area contributed by atoms with Crippen LogP contribution in [0.5, 0.6) is 0 Å². The first-order valence-electron chi connectivity index (χ1n) is 10.7. The molecule has 0 saturated carbocycles. The van der Waals surface area contributed by atoms with Crippen LogP contribution in [0.1, 0.15) is 27.0 Å². The molecule has 1 heterocycles. The van der Waals surface area contributed by atoms with Crippen LogP contribution >= 0.6 is 11.6 Å². The number of fused-ring (bicyclic) bond motifs is 1. The molecule has 1 aliphatic rings. The molecule has 0 atom stereocenters. The van der Waals surface area contributed by atoms with Crippen molar-refractivity contribution in [1.82, 2.24) is 9.62 Å². The van der Waals surface area contributed by atoms with Crippen molar-refractivity contribution in [2.45, 2.75) is 24.4 Å². The van der Waals surface area contributed by atoms with E-state index in [9.17, 15) is 13.2 Å². The van der Waals surface area contributed by atoms with E-state index in [2.05, 4.69) is 46.6 Å². The van der Waals surface area contributed by atoms with Gasteiger partial charge in [-0.3, -0.25) is 4.79 Å². The molecular weight excluding hydrogens is 458 g/mol. The number of carbonyl (C=O) groups is 1. The molecule has 3 aromatic carbocycles. The van der Waals surface area contributed by atoms with Crippen LogP contribution < -0.4 is 10.2 Å². The largest absolute Gasteiger partial charge is 0.367 e. The van der Waals surface area contributed by atoms with Crippen LogP contribution in [-0.4, -0.2) is 39.3 Å². The number of nitrogens with one attached hydrogen (secondary N) is 1. The van der Waals surface area contributed by atoms with Crippen molar-refractivity contribution >= 4 is 33.2 Å². The molecule has 1 amide bonds. The monoisotopic (exact) mass is 483 g/mol. The number of carbonyl (C=O) groups excluding carboxylic acids is 1. The summed E-state index contributed by atoms with van der Waals surface area (Å²) in [5.74, 6) is -0.423. The SMILES string of the molecule is CN(C)S(=O)(=O)c1ccc(Cl)c(C(=O)NCc2ccc(CN3CCc4ccccc43)cc2)c1. The van der Waals surface area contributed by atoms with E-state index in [0.29, 0.717) is 6.54 Å². The smallest absolute Gasteiger partial charge is 0.253 e. The molecule has 172 valence electrons. The molecule has 0 radical (unpaired) electrons. The lowest BCUT2D eigenvalue weighted by Gasteiger charge is -2.19. The number of rotatable bonds is 7. The van der Waals surface area contributed by atoms with E-state index in [1.54, 1.807) is 0 Å². The second-order valence-electron chi connectivity index (χ2n) is 8.23.